The van der Waals surface area contributed by atoms with Crippen molar-refractivity contribution in [3.63, 3.8) is 0 Å². The van der Waals surface area contributed by atoms with E-state index >= 15 is 0 Å². The molecule has 0 aromatic heterocycles. The van der Waals surface area contributed by atoms with Gasteiger partial charge in [0.15, 0.2) is 0 Å². The van der Waals surface area contributed by atoms with Crippen LogP contribution in [0.1, 0.15) is 24.1 Å². The summed E-state index contributed by atoms with van der Waals surface area (Å²) in [6.07, 6.45) is 3.44. The van der Waals surface area contributed by atoms with Gasteiger partial charge in [-0.1, -0.05) is 64.5 Å². The lowest BCUT2D eigenvalue weighted by Gasteiger charge is -2.24. The number of carbonyl (C=O) groups excluding carboxylic acids is 1. The van der Waals surface area contributed by atoms with Crippen molar-refractivity contribution in [1.82, 2.24) is 4.90 Å². The molecule has 0 aliphatic rings. The van der Waals surface area contributed by atoms with E-state index in [2.05, 4.69) is 15.9 Å². The van der Waals surface area contributed by atoms with Gasteiger partial charge in [0, 0.05) is 17.6 Å². The Bertz CT molecular complexity index is 637. The highest BCUT2D eigenvalue weighted by Gasteiger charge is 2.14. The largest absolute Gasteiger partial charge is 0.335 e. The molecule has 2 aromatic carbocycles. The van der Waals surface area contributed by atoms with Crippen molar-refractivity contribution >= 4 is 27.9 Å². The lowest BCUT2D eigenvalue weighted by molar-refractivity contribution is -0.126. The molecule has 0 saturated heterocycles. The van der Waals surface area contributed by atoms with Gasteiger partial charge in [-0.2, -0.15) is 0 Å². The van der Waals surface area contributed by atoms with E-state index in [0.717, 1.165) is 15.6 Å². The van der Waals surface area contributed by atoms with Crippen molar-refractivity contribution < 1.29 is 4.79 Å². The van der Waals surface area contributed by atoms with Gasteiger partial charge >= 0.3 is 0 Å². The first kappa shape index (κ1) is 15.5. The summed E-state index contributed by atoms with van der Waals surface area (Å²) >= 11 is 3.47. The molecule has 2 aromatic rings. The van der Waals surface area contributed by atoms with Crippen molar-refractivity contribution in [2.24, 2.45) is 0 Å². The van der Waals surface area contributed by atoms with Crippen LogP contribution in [0.2, 0.25) is 0 Å². The highest BCUT2D eigenvalue weighted by Crippen LogP contribution is 2.20. The Labute approximate surface area is 134 Å². The first-order chi connectivity index (χ1) is 10.1. The standard InChI is InChI=1S/C18H18BrNO/c1-14(15-8-4-3-5-9-15)20(2)18(21)13-12-16-10-6-7-11-17(16)19/h3-14H,1-2H3. The van der Waals surface area contributed by atoms with E-state index in [-0.39, 0.29) is 11.9 Å². The van der Waals surface area contributed by atoms with Crippen LogP contribution in [0, 0.1) is 0 Å². The third-order valence-electron chi connectivity index (χ3n) is 3.52. The molecule has 1 atom stereocenters. The van der Waals surface area contributed by atoms with E-state index in [1.807, 2.05) is 74.6 Å². The molecule has 0 bridgehead atoms. The topological polar surface area (TPSA) is 20.3 Å². The van der Waals surface area contributed by atoms with Crippen LogP contribution in [0.3, 0.4) is 0 Å². The Balaban J connectivity index is 2.08. The minimum Gasteiger partial charge on any atom is -0.335 e. The Hall–Kier alpha value is -1.87. The molecule has 0 aliphatic carbocycles. The second kappa shape index (κ2) is 7.23. The molecule has 0 fully saturated rings. The average molecular weight is 344 g/mol. The van der Waals surface area contributed by atoms with Gasteiger partial charge in [-0.3, -0.25) is 4.79 Å². The second-order valence-electron chi connectivity index (χ2n) is 4.89. The highest BCUT2D eigenvalue weighted by atomic mass is 79.9. The third kappa shape index (κ3) is 4.05. The number of hydrogen-bond acceptors (Lipinski definition) is 1. The first-order valence-electron chi connectivity index (χ1n) is 6.84. The molecule has 0 radical (unpaired) electrons. The Morgan fingerprint density at radius 3 is 2.38 bits per heavy atom. The minimum atomic E-state index is -0.0119. The Morgan fingerprint density at radius 1 is 1.10 bits per heavy atom. The summed E-state index contributed by atoms with van der Waals surface area (Å²) in [6.45, 7) is 2.03. The summed E-state index contributed by atoms with van der Waals surface area (Å²) < 4.78 is 0.979. The molecule has 1 amide bonds. The maximum atomic E-state index is 12.3. The van der Waals surface area contributed by atoms with Gasteiger partial charge in [-0.15, -0.1) is 0 Å². The molecule has 0 spiro atoms. The molecule has 2 nitrogen and oxygen atoms in total. The van der Waals surface area contributed by atoms with Gasteiger partial charge < -0.3 is 4.90 Å². The van der Waals surface area contributed by atoms with Gasteiger partial charge in [0.05, 0.1) is 6.04 Å². The van der Waals surface area contributed by atoms with Crippen LogP contribution in [0.4, 0.5) is 0 Å². The van der Waals surface area contributed by atoms with E-state index < -0.39 is 0 Å². The molecular weight excluding hydrogens is 326 g/mol. The molecule has 3 heteroatoms. The summed E-state index contributed by atoms with van der Waals surface area (Å²) in [5, 5.41) is 0. The molecule has 108 valence electrons. The fourth-order valence-electron chi connectivity index (χ4n) is 2.03. The van der Waals surface area contributed by atoms with Crippen molar-refractivity contribution in [1.29, 1.82) is 0 Å². The van der Waals surface area contributed by atoms with Crippen LogP contribution in [0.25, 0.3) is 6.08 Å². The molecule has 1 unspecified atom stereocenters. The monoisotopic (exact) mass is 343 g/mol. The number of carbonyl (C=O) groups is 1. The van der Waals surface area contributed by atoms with Gasteiger partial charge in [0.25, 0.3) is 0 Å². The van der Waals surface area contributed by atoms with Gasteiger partial charge in [-0.25, -0.2) is 0 Å². The predicted octanol–water partition coefficient (Wildman–Crippen LogP) is 4.68. The number of amides is 1. The van der Waals surface area contributed by atoms with E-state index in [1.165, 1.54) is 0 Å². The number of hydrogen-bond donors (Lipinski definition) is 0. The molecular formula is C18H18BrNO. The third-order valence-corrected chi connectivity index (χ3v) is 4.24. The van der Waals surface area contributed by atoms with Crippen LogP contribution < -0.4 is 0 Å². The number of nitrogens with zero attached hydrogens (tertiary/aromatic N) is 1. The lowest BCUT2D eigenvalue weighted by Crippen LogP contribution is -2.27. The second-order valence-corrected chi connectivity index (χ2v) is 5.74. The van der Waals surface area contributed by atoms with E-state index in [4.69, 9.17) is 0 Å². The molecule has 0 aliphatic heterocycles. The van der Waals surface area contributed by atoms with Crippen LogP contribution in [-0.2, 0) is 4.79 Å². The summed E-state index contributed by atoms with van der Waals surface area (Å²) in [6, 6.07) is 17.9. The van der Waals surface area contributed by atoms with Crippen LogP contribution in [-0.4, -0.2) is 17.9 Å². The quantitative estimate of drug-likeness (QED) is 0.738. The van der Waals surface area contributed by atoms with Crippen molar-refractivity contribution in [3.05, 3.63) is 76.3 Å². The zero-order valence-corrected chi connectivity index (χ0v) is 13.7. The smallest absolute Gasteiger partial charge is 0.246 e. The molecule has 0 heterocycles. The van der Waals surface area contributed by atoms with Crippen molar-refractivity contribution in [3.8, 4) is 0 Å². The van der Waals surface area contributed by atoms with Crippen molar-refractivity contribution in [2.45, 2.75) is 13.0 Å². The van der Waals surface area contributed by atoms with Gasteiger partial charge in [0.1, 0.15) is 0 Å². The zero-order chi connectivity index (χ0) is 15.2. The van der Waals surface area contributed by atoms with Gasteiger partial charge in [0.2, 0.25) is 5.91 Å². The molecule has 21 heavy (non-hydrogen) atoms. The SMILES string of the molecule is CC(c1ccccc1)N(C)C(=O)C=Cc1ccccc1Br. The number of likely N-dealkylation sites (N-methyl/N-ethyl adjacent to an activating group) is 1. The summed E-state index contributed by atoms with van der Waals surface area (Å²) in [5.41, 5.74) is 2.12. The van der Waals surface area contributed by atoms with Crippen LogP contribution in [0.5, 0.6) is 0 Å². The fraction of sp³-hybridized carbons (Fsp3) is 0.167. The van der Waals surface area contributed by atoms with Gasteiger partial charge in [-0.05, 0) is 30.2 Å². The summed E-state index contributed by atoms with van der Waals surface area (Å²) in [7, 11) is 1.82. The summed E-state index contributed by atoms with van der Waals surface area (Å²) in [4.78, 5) is 14.0. The molecule has 0 N–H and O–H groups in total. The normalized spacial score (nSPS) is 12.3. The maximum Gasteiger partial charge on any atom is 0.246 e. The van der Waals surface area contributed by atoms with Crippen LogP contribution in [0.15, 0.2) is 65.1 Å². The van der Waals surface area contributed by atoms with Crippen LogP contribution >= 0.6 is 15.9 Å². The average Bonchev–Trinajstić information content (AvgIpc) is 2.53. The number of rotatable bonds is 4. The highest BCUT2D eigenvalue weighted by molar-refractivity contribution is 9.10. The number of halogens is 1. The Kier molecular flexibility index (Phi) is 5.34. The fourth-order valence-corrected chi connectivity index (χ4v) is 2.45. The maximum absolute atomic E-state index is 12.3. The number of benzene rings is 2. The Morgan fingerprint density at radius 2 is 1.71 bits per heavy atom. The molecule has 2 rings (SSSR count). The lowest BCUT2D eigenvalue weighted by atomic mass is 10.1. The minimum absolute atomic E-state index is 0.0119. The predicted molar refractivity (Wildman–Crippen MR) is 90.8 cm³/mol. The zero-order valence-electron chi connectivity index (χ0n) is 12.2. The summed E-state index contributed by atoms with van der Waals surface area (Å²) in [5.74, 6) is -0.0119. The molecule has 0 saturated carbocycles. The van der Waals surface area contributed by atoms with E-state index in [9.17, 15) is 4.79 Å². The van der Waals surface area contributed by atoms with Crippen molar-refractivity contribution in [2.75, 3.05) is 7.05 Å². The van der Waals surface area contributed by atoms with E-state index in [1.54, 1.807) is 11.0 Å². The van der Waals surface area contributed by atoms with E-state index in [0.29, 0.717) is 0 Å². The first-order valence-corrected chi connectivity index (χ1v) is 7.63.